The molecule has 1 amide bonds. The van der Waals surface area contributed by atoms with Gasteiger partial charge in [-0.2, -0.15) is 0 Å². The van der Waals surface area contributed by atoms with Crippen LogP contribution < -0.4 is 0 Å². The van der Waals surface area contributed by atoms with Crippen LogP contribution in [0, 0.1) is 6.92 Å². The van der Waals surface area contributed by atoms with E-state index in [0.717, 1.165) is 16.7 Å². The Hall–Kier alpha value is -2.04. The summed E-state index contributed by atoms with van der Waals surface area (Å²) in [5, 5.41) is 17.9. The summed E-state index contributed by atoms with van der Waals surface area (Å²) in [6.45, 7) is 2.58. The lowest BCUT2D eigenvalue weighted by molar-refractivity contribution is 0.0696. The van der Waals surface area contributed by atoms with Crippen molar-refractivity contribution >= 4 is 12.1 Å². The first-order valence-electron chi connectivity index (χ1n) is 5.32. The average molecular weight is 235 g/mol. The number of carboxylic acids is 1. The standard InChI is InChI=1S/C12H13NO4/c1-7-4-9(11(14)15)5-8-2-3-13(12(16)17)6-10(7)8/h4-5H,2-3,6H2,1H3,(H,14,15)(H,16,17). The molecule has 17 heavy (non-hydrogen) atoms. The fraction of sp³-hybridized carbons (Fsp3) is 0.333. The summed E-state index contributed by atoms with van der Waals surface area (Å²) in [6, 6.07) is 3.23. The van der Waals surface area contributed by atoms with Gasteiger partial charge >= 0.3 is 12.1 Å². The molecule has 1 aromatic rings. The van der Waals surface area contributed by atoms with Crippen LogP contribution in [0.5, 0.6) is 0 Å². The van der Waals surface area contributed by atoms with Gasteiger partial charge in [-0.3, -0.25) is 0 Å². The molecule has 0 aromatic heterocycles. The highest BCUT2D eigenvalue weighted by atomic mass is 16.4. The van der Waals surface area contributed by atoms with Crippen LogP contribution in [-0.4, -0.2) is 33.7 Å². The van der Waals surface area contributed by atoms with E-state index >= 15 is 0 Å². The summed E-state index contributed by atoms with van der Waals surface area (Å²) in [7, 11) is 0. The van der Waals surface area contributed by atoms with Crippen molar-refractivity contribution in [1.82, 2.24) is 4.90 Å². The molecule has 0 aliphatic carbocycles. The Kier molecular flexibility index (Phi) is 2.75. The molecule has 0 spiro atoms. The molecule has 0 bridgehead atoms. The number of hydrogen-bond acceptors (Lipinski definition) is 2. The van der Waals surface area contributed by atoms with Gasteiger partial charge in [-0.25, -0.2) is 9.59 Å². The predicted octanol–water partition coefficient (Wildman–Crippen LogP) is 1.73. The first-order valence-corrected chi connectivity index (χ1v) is 5.32. The Bertz CT molecular complexity index is 496. The third-order valence-electron chi connectivity index (χ3n) is 3.08. The van der Waals surface area contributed by atoms with Gasteiger partial charge in [0.1, 0.15) is 0 Å². The minimum absolute atomic E-state index is 0.269. The van der Waals surface area contributed by atoms with Crippen LogP contribution in [0.3, 0.4) is 0 Å². The molecule has 90 valence electrons. The van der Waals surface area contributed by atoms with Crippen molar-refractivity contribution in [3.8, 4) is 0 Å². The maximum Gasteiger partial charge on any atom is 0.407 e. The van der Waals surface area contributed by atoms with E-state index in [4.69, 9.17) is 10.2 Å². The van der Waals surface area contributed by atoms with Gasteiger partial charge in [0.05, 0.1) is 5.56 Å². The molecular weight excluding hydrogens is 222 g/mol. The number of carboxylic acid groups (broad SMARTS) is 2. The van der Waals surface area contributed by atoms with Crippen molar-refractivity contribution in [3.05, 3.63) is 34.4 Å². The minimum Gasteiger partial charge on any atom is -0.478 e. The third-order valence-corrected chi connectivity index (χ3v) is 3.08. The van der Waals surface area contributed by atoms with Gasteiger partial charge in [0.25, 0.3) is 0 Å². The van der Waals surface area contributed by atoms with E-state index in [2.05, 4.69) is 0 Å². The summed E-state index contributed by atoms with van der Waals surface area (Å²) in [4.78, 5) is 23.1. The number of hydrogen-bond donors (Lipinski definition) is 2. The molecule has 1 aliphatic heterocycles. The molecular formula is C12H13NO4. The van der Waals surface area contributed by atoms with Gasteiger partial charge in [-0.15, -0.1) is 0 Å². The number of amides is 1. The SMILES string of the molecule is Cc1cc(C(=O)O)cc2c1CN(C(=O)O)CC2. The van der Waals surface area contributed by atoms with Crippen LogP contribution in [0.1, 0.15) is 27.0 Å². The van der Waals surface area contributed by atoms with Gasteiger partial charge in [-0.1, -0.05) is 0 Å². The molecule has 5 nitrogen and oxygen atoms in total. The van der Waals surface area contributed by atoms with E-state index < -0.39 is 12.1 Å². The highest BCUT2D eigenvalue weighted by Crippen LogP contribution is 2.24. The lowest BCUT2D eigenvalue weighted by atomic mass is 9.93. The smallest absolute Gasteiger partial charge is 0.407 e. The first kappa shape index (κ1) is 11.4. The number of aryl methyl sites for hydroxylation is 1. The molecule has 1 heterocycles. The van der Waals surface area contributed by atoms with E-state index in [-0.39, 0.29) is 5.56 Å². The zero-order valence-corrected chi connectivity index (χ0v) is 9.43. The predicted molar refractivity (Wildman–Crippen MR) is 60.3 cm³/mol. The number of benzene rings is 1. The second kappa shape index (κ2) is 4.08. The van der Waals surface area contributed by atoms with Crippen LogP contribution >= 0.6 is 0 Å². The van der Waals surface area contributed by atoms with E-state index in [0.29, 0.717) is 19.5 Å². The van der Waals surface area contributed by atoms with Crippen LogP contribution in [0.15, 0.2) is 12.1 Å². The summed E-state index contributed by atoms with van der Waals surface area (Å²) in [6.07, 6.45) is -0.360. The van der Waals surface area contributed by atoms with Gasteiger partial charge in [0.2, 0.25) is 0 Å². The Labute approximate surface area is 98.3 Å². The molecule has 1 aromatic carbocycles. The van der Waals surface area contributed by atoms with E-state index in [1.807, 2.05) is 6.92 Å². The zero-order chi connectivity index (χ0) is 12.6. The third kappa shape index (κ3) is 2.08. The van der Waals surface area contributed by atoms with Crippen molar-refractivity contribution in [3.63, 3.8) is 0 Å². The lowest BCUT2D eigenvalue weighted by Gasteiger charge is -2.28. The topological polar surface area (TPSA) is 77.8 Å². The highest BCUT2D eigenvalue weighted by Gasteiger charge is 2.22. The summed E-state index contributed by atoms with van der Waals surface area (Å²) in [5.41, 5.74) is 2.99. The van der Waals surface area contributed by atoms with E-state index in [1.165, 1.54) is 4.90 Å². The van der Waals surface area contributed by atoms with Crippen molar-refractivity contribution in [2.45, 2.75) is 19.9 Å². The van der Waals surface area contributed by atoms with Crippen LogP contribution in [0.4, 0.5) is 4.79 Å². The zero-order valence-electron chi connectivity index (χ0n) is 9.43. The van der Waals surface area contributed by atoms with Crippen LogP contribution in [0.2, 0.25) is 0 Å². The van der Waals surface area contributed by atoms with Gasteiger partial charge < -0.3 is 15.1 Å². The van der Waals surface area contributed by atoms with E-state index in [9.17, 15) is 9.59 Å². The van der Waals surface area contributed by atoms with Crippen molar-refractivity contribution in [2.75, 3.05) is 6.54 Å². The summed E-state index contributed by atoms with van der Waals surface area (Å²) < 4.78 is 0. The molecule has 0 saturated carbocycles. The van der Waals surface area contributed by atoms with Crippen LogP contribution in [-0.2, 0) is 13.0 Å². The lowest BCUT2D eigenvalue weighted by Crippen LogP contribution is -2.35. The van der Waals surface area contributed by atoms with Gasteiger partial charge in [0, 0.05) is 13.1 Å². The molecule has 0 unspecified atom stereocenters. The molecule has 0 radical (unpaired) electrons. The Balaban J connectivity index is 2.40. The fourth-order valence-electron chi connectivity index (χ4n) is 2.15. The molecule has 1 aliphatic rings. The maximum atomic E-state index is 10.9. The molecule has 0 fully saturated rings. The quantitative estimate of drug-likeness (QED) is 0.777. The Morgan fingerprint density at radius 1 is 1.29 bits per heavy atom. The number of nitrogens with zero attached hydrogens (tertiary/aromatic N) is 1. The second-order valence-electron chi connectivity index (χ2n) is 4.19. The molecule has 2 rings (SSSR count). The minimum atomic E-state index is -0.948. The highest BCUT2D eigenvalue weighted by molar-refractivity contribution is 5.88. The van der Waals surface area contributed by atoms with E-state index in [1.54, 1.807) is 12.1 Å². The summed E-state index contributed by atoms with van der Waals surface area (Å²) in [5.74, 6) is -0.948. The largest absolute Gasteiger partial charge is 0.478 e. The molecule has 0 atom stereocenters. The number of aromatic carboxylic acids is 1. The Morgan fingerprint density at radius 2 is 2.00 bits per heavy atom. The van der Waals surface area contributed by atoms with Gasteiger partial charge in [-0.05, 0) is 42.2 Å². The normalized spacial score (nSPS) is 14.3. The molecule has 5 heteroatoms. The average Bonchev–Trinajstić information content (AvgIpc) is 2.28. The number of rotatable bonds is 1. The summed E-state index contributed by atoms with van der Waals surface area (Å²) >= 11 is 0. The second-order valence-corrected chi connectivity index (χ2v) is 4.19. The van der Waals surface area contributed by atoms with Crippen LogP contribution in [0.25, 0.3) is 0 Å². The van der Waals surface area contributed by atoms with Gasteiger partial charge in [0.15, 0.2) is 0 Å². The number of carbonyl (C=O) groups is 2. The maximum absolute atomic E-state index is 10.9. The number of fused-ring (bicyclic) bond motifs is 1. The molecule has 0 saturated heterocycles. The van der Waals surface area contributed by atoms with Crippen molar-refractivity contribution in [2.24, 2.45) is 0 Å². The fourth-order valence-corrected chi connectivity index (χ4v) is 2.15. The first-order chi connectivity index (χ1) is 7.99. The van der Waals surface area contributed by atoms with Crippen molar-refractivity contribution < 1.29 is 19.8 Å². The monoisotopic (exact) mass is 235 g/mol. The Morgan fingerprint density at radius 3 is 2.59 bits per heavy atom. The van der Waals surface area contributed by atoms with Crippen molar-refractivity contribution in [1.29, 1.82) is 0 Å². The molecule has 2 N–H and O–H groups in total.